The van der Waals surface area contributed by atoms with Crippen molar-refractivity contribution in [2.45, 2.75) is 6.67 Å². The van der Waals surface area contributed by atoms with Crippen LogP contribution in [0.15, 0.2) is 29.4 Å². The maximum Gasteiger partial charge on any atom is 0.115 e. The van der Waals surface area contributed by atoms with Crippen LogP contribution in [0.2, 0.25) is 0 Å². The molecule has 0 saturated carbocycles. The smallest absolute Gasteiger partial charge is 0.115 e. The van der Waals surface area contributed by atoms with Crippen LogP contribution in [0.4, 0.5) is 10.1 Å². The normalized spacial score (nSPS) is 8.82. The number of halogens is 1. The Hall–Kier alpha value is -1.54. The SMILES string of the molecule is [N-]=[N+]=Nc1cccc(C[18F])c1. The van der Waals surface area contributed by atoms with Crippen LogP contribution in [0, 0.1) is 0 Å². The molecular weight excluding hydrogens is 144 g/mol. The minimum atomic E-state index is -0.533. The molecule has 0 amide bonds. The fraction of sp³-hybridized carbons (Fsp3) is 0.143. The molecule has 3 nitrogen and oxygen atoms in total. The van der Waals surface area contributed by atoms with Crippen LogP contribution in [-0.4, -0.2) is 0 Å². The van der Waals surface area contributed by atoms with E-state index in [1.54, 1.807) is 18.2 Å². The van der Waals surface area contributed by atoms with Gasteiger partial charge in [-0.1, -0.05) is 23.3 Å². The van der Waals surface area contributed by atoms with Crippen LogP contribution >= 0.6 is 0 Å². The standard InChI is InChI=1S/C7H6FN3/c8-5-6-2-1-3-7(4-6)10-11-9/h1-4H,5H2/i8-1. The first-order valence-corrected chi connectivity index (χ1v) is 3.07. The lowest BCUT2D eigenvalue weighted by molar-refractivity contribution is 0.485. The van der Waals surface area contributed by atoms with E-state index in [9.17, 15) is 4.39 Å². The Balaban J connectivity index is 3.00. The number of benzene rings is 1. The molecule has 0 unspecified atom stereocenters. The van der Waals surface area contributed by atoms with Gasteiger partial charge in [-0.15, -0.1) is 0 Å². The molecule has 1 aromatic rings. The number of nitrogens with zero attached hydrogens (tertiary/aromatic N) is 3. The highest BCUT2D eigenvalue weighted by Crippen LogP contribution is 2.14. The predicted octanol–water partition coefficient (Wildman–Crippen LogP) is 3.10. The molecule has 0 heterocycles. The van der Waals surface area contributed by atoms with Gasteiger partial charge >= 0.3 is 0 Å². The van der Waals surface area contributed by atoms with Gasteiger partial charge in [0.2, 0.25) is 0 Å². The Morgan fingerprint density at radius 2 is 2.36 bits per heavy atom. The van der Waals surface area contributed by atoms with Crippen LogP contribution in [0.25, 0.3) is 10.4 Å². The van der Waals surface area contributed by atoms with E-state index in [0.717, 1.165) is 0 Å². The second kappa shape index (κ2) is 3.58. The lowest BCUT2D eigenvalue weighted by Gasteiger charge is -1.93. The number of hydrogen-bond donors (Lipinski definition) is 0. The van der Waals surface area contributed by atoms with Gasteiger partial charge < -0.3 is 0 Å². The van der Waals surface area contributed by atoms with Gasteiger partial charge in [-0.2, -0.15) is 0 Å². The number of azide groups is 1. The monoisotopic (exact) mass is 150 g/mol. The average Bonchev–Trinajstić information content (AvgIpc) is 2.06. The van der Waals surface area contributed by atoms with E-state index in [4.69, 9.17) is 5.53 Å². The summed E-state index contributed by atoms with van der Waals surface area (Å²) in [6.45, 7) is -0.533. The van der Waals surface area contributed by atoms with Crippen LogP contribution < -0.4 is 0 Å². The van der Waals surface area contributed by atoms with Gasteiger partial charge in [0.05, 0.1) is 0 Å². The summed E-state index contributed by atoms with van der Waals surface area (Å²) in [6, 6.07) is 6.42. The number of alkyl halides is 1. The molecule has 0 bridgehead atoms. The molecule has 56 valence electrons. The molecule has 0 aliphatic rings. The molecule has 11 heavy (non-hydrogen) atoms. The van der Waals surface area contributed by atoms with Crippen molar-refractivity contribution >= 4 is 5.69 Å². The third kappa shape index (κ3) is 1.95. The molecule has 0 radical (unpaired) electrons. The largest absolute Gasteiger partial charge is 0.246 e. The second-order valence-corrected chi connectivity index (χ2v) is 1.99. The maximum atomic E-state index is 12.0. The number of hydrogen-bond acceptors (Lipinski definition) is 1. The van der Waals surface area contributed by atoms with Crippen molar-refractivity contribution in [1.29, 1.82) is 0 Å². The van der Waals surface area contributed by atoms with Crippen molar-refractivity contribution in [3.8, 4) is 0 Å². The Bertz CT molecular complexity index is 291. The summed E-state index contributed by atoms with van der Waals surface area (Å²) in [5, 5.41) is 3.33. The van der Waals surface area contributed by atoms with Gasteiger partial charge in [0.15, 0.2) is 0 Å². The van der Waals surface area contributed by atoms with Gasteiger partial charge in [0.1, 0.15) is 6.67 Å². The molecule has 0 spiro atoms. The summed E-state index contributed by atoms with van der Waals surface area (Å²) in [7, 11) is 0. The molecular formula is C7H6FN3. The molecule has 1 rings (SSSR count). The van der Waals surface area contributed by atoms with E-state index in [1.807, 2.05) is 0 Å². The summed E-state index contributed by atoms with van der Waals surface area (Å²) in [5.74, 6) is 0. The van der Waals surface area contributed by atoms with Crippen molar-refractivity contribution in [2.24, 2.45) is 5.11 Å². The highest BCUT2D eigenvalue weighted by Gasteiger charge is 1.91. The molecule has 4 heteroatoms. The fourth-order valence-electron chi connectivity index (χ4n) is 0.753. The van der Waals surface area contributed by atoms with Gasteiger partial charge in [0, 0.05) is 10.6 Å². The summed E-state index contributed by atoms with van der Waals surface area (Å²) >= 11 is 0. The number of rotatable bonds is 2. The summed E-state index contributed by atoms with van der Waals surface area (Å²) in [5.41, 5.74) is 9.02. The Morgan fingerprint density at radius 3 is 3.00 bits per heavy atom. The van der Waals surface area contributed by atoms with Gasteiger partial charge in [-0.25, -0.2) is 4.39 Å². The zero-order valence-corrected chi connectivity index (χ0v) is 5.74. The first-order chi connectivity index (χ1) is 5.36. The van der Waals surface area contributed by atoms with Crippen molar-refractivity contribution in [2.75, 3.05) is 0 Å². The van der Waals surface area contributed by atoms with Crippen molar-refractivity contribution in [3.63, 3.8) is 0 Å². The van der Waals surface area contributed by atoms with Crippen LogP contribution in [0.1, 0.15) is 5.56 Å². The molecule has 0 fully saturated rings. The molecule has 0 aliphatic carbocycles. The van der Waals surface area contributed by atoms with E-state index in [1.165, 1.54) is 6.07 Å². The second-order valence-electron chi connectivity index (χ2n) is 1.99. The topological polar surface area (TPSA) is 48.8 Å². The molecule has 0 aliphatic heterocycles. The maximum absolute atomic E-state index is 12.0. The molecule has 1 aromatic carbocycles. The zero-order valence-electron chi connectivity index (χ0n) is 5.74. The Kier molecular flexibility index (Phi) is 2.47. The van der Waals surface area contributed by atoms with Crippen LogP contribution in [0.5, 0.6) is 0 Å². The first kappa shape index (κ1) is 7.57. The molecule has 0 N–H and O–H groups in total. The Morgan fingerprint density at radius 1 is 1.55 bits per heavy atom. The third-order valence-electron chi connectivity index (χ3n) is 1.23. The summed E-state index contributed by atoms with van der Waals surface area (Å²) in [6.07, 6.45) is 0. The quantitative estimate of drug-likeness (QED) is 0.353. The van der Waals surface area contributed by atoms with E-state index in [0.29, 0.717) is 11.3 Å². The Labute approximate surface area is 63.1 Å². The minimum Gasteiger partial charge on any atom is -0.246 e. The lowest BCUT2D eigenvalue weighted by Crippen LogP contribution is -1.74. The highest BCUT2D eigenvalue weighted by molar-refractivity contribution is 5.39. The van der Waals surface area contributed by atoms with E-state index >= 15 is 0 Å². The third-order valence-corrected chi connectivity index (χ3v) is 1.23. The predicted molar refractivity (Wildman–Crippen MR) is 40.1 cm³/mol. The van der Waals surface area contributed by atoms with Crippen molar-refractivity contribution < 1.29 is 4.39 Å². The van der Waals surface area contributed by atoms with Crippen molar-refractivity contribution in [3.05, 3.63) is 40.3 Å². The fourth-order valence-corrected chi connectivity index (χ4v) is 0.753. The lowest BCUT2D eigenvalue weighted by atomic mass is 10.2. The first-order valence-electron chi connectivity index (χ1n) is 3.07. The molecule has 0 atom stereocenters. The molecule has 0 saturated heterocycles. The average molecular weight is 150 g/mol. The molecule has 0 aromatic heterocycles. The van der Waals surface area contributed by atoms with Gasteiger partial charge in [-0.3, -0.25) is 0 Å². The van der Waals surface area contributed by atoms with Crippen LogP contribution in [0.3, 0.4) is 0 Å². The highest BCUT2D eigenvalue weighted by atomic mass is 18.2. The summed E-state index contributed by atoms with van der Waals surface area (Å²) in [4.78, 5) is 2.58. The van der Waals surface area contributed by atoms with Crippen molar-refractivity contribution in [1.82, 2.24) is 0 Å². The minimum absolute atomic E-state index is 0.447. The van der Waals surface area contributed by atoms with Gasteiger partial charge in [-0.05, 0) is 17.2 Å². The zero-order chi connectivity index (χ0) is 8.10. The van der Waals surface area contributed by atoms with E-state index in [2.05, 4.69) is 10.0 Å². The van der Waals surface area contributed by atoms with E-state index in [-0.39, 0.29) is 0 Å². The van der Waals surface area contributed by atoms with E-state index < -0.39 is 6.67 Å². The van der Waals surface area contributed by atoms with Gasteiger partial charge in [0.25, 0.3) is 0 Å². The summed E-state index contributed by atoms with van der Waals surface area (Å²) < 4.78 is 12.0. The van der Waals surface area contributed by atoms with Crippen LogP contribution in [-0.2, 0) is 6.67 Å².